The molecule has 0 aliphatic carbocycles. The molecule has 2 aromatic rings. The van der Waals surface area contributed by atoms with Gasteiger partial charge in [-0.2, -0.15) is 0 Å². The molecular formula is C19H18F3NO4. The van der Waals surface area contributed by atoms with Crippen LogP contribution in [0.2, 0.25) is 0 Å². The van der Waals surface area contributed by atoms with E-state index in [0.717, 1.165) is 0 Å². The zero-order valence-corrected chi connectivity index (χ0v) is 14.7. The van der Waals surface area contributed by atoms with E-state index in [9.17, 15) is 22.8 Å². The highest BCUT2D eigenvalue weighted by molar-refractivity contribution is 5.94. The van der Waals surface area contributed by atoms with E-state index in [-0.39, 0.29) is 30.2 Å². The molecule has 8 heteroatoms. The first-order valence-corrected chi connectivity index (χ1v) is 7.97. The SMILES string of the molecule is CC(=O)c1ccc(OCC(=O)N(C)Cc2ccccc2OC(F)(F)F)cc1. The van der Waals surface area contributed by atoms with E-state index in [1.54, 1.807) is 30.3 Å². The van der Waals surface area contributed by atoms with Crippen molar-refractivity contribution in [3.05, 3.63) is 59.7 Å². The maximum Gasteiger partial charge on any atom is 0.573 e. The summed E-state index contributed by atoms with van der Waals surface area (Å²) in [5, 5.41) is 0. The molecule has 1 amide bonds. The van der Waals surface area contributed by atoms with Gasteiger partial charge in [-0.15, -0.1) is 13.2 Å². The van der Waals surface area contributed by atoms with Crippen molar-refractivity contribution in [2.45, 2.75) is 19.8 Å². The molecule has 0 aromatic heterocycles. The van der Waals surface area contributed by atoms with Gasteiger partial charge in [0.25, 0.3) is 5.91 Å². The fourth-order valence-electron chi connectivity index (χ4n) is 2.24. The highest BCUT2D eigenvalue weighted by Crippen LogP contribution is 2.27. The van der Waals surface area contributed by atoms with E-state index in [1.807, 2.05) is 0 Å². The number of para-hydroxylation sites is 1. The Hall–Kier alpha value is -3.03. The number of halogens is 3. The smallest absolute Gasteiger partial charge is 0.484 e. The predicted octanol–water partition coefficient (Wildman–Crippen LogP) is 3.83. The first kappa shape index (κ1) is 20.3. The largest absolute Gasteiger partial charge is 0.573 e. The summed E-state index contributed by atoms with van der Waals surface area (Å²) in [6.45, 7) is 1.07. The minimum absolute atomic E-state index is 0.0717. The Morgan fingerprint density at radius 1 is 1.04 bits per heavy atom. The van der Waals surface area contributed by atoms with Gasteiger partial charge in [-0.25, -0.2) is 0 Å². The number of benzene rings is 2. The summed E-state index contributed by atoms with van der Waals surface area (Å²) in [6, 6.07) is 11.9. The molecule has 144 valence electrons. The average molecular weight is 381 g/mol. The summed E-state index contributed by atoms with van der Waals surface area (Å²) < 4.78 is 46.7. The van der Waals surface area contributed by atoms with Gasteiger partial charge in [0.2, 0.25) is 0 Å². The van der Waals surface area contributed by atoms with Gasteiger partial charge in [0.05, 0.1) is 0 Å². The van der Waals surface area contributed by atoms with Crippen molar-refractivity contribution in [3.63, 3.8) is 0 Å². The zero-order valence-electron chi connectivity index (χ0n) is 14.7. The Kier molecular flexibility index (Phi) is 6.44. The highest BCUT2D eigenvalue weighted by Gasteiger charge is 2.32. The minimum atomic E-state index is -4.81. The number of hydrogen-bond acceptors (Lipinski definition) is 4. The molecule has 0 saturated heterocycles. The van der Waals surface area contributed by atoms with Crippen LogP contribution in [-0.4, -0.2) is 36.6 Å². The van der Waals surface area contributed by atoms with E-state index in [0.29, 0.717) is 11.3 Å². The van der Waals surface area contributed by atoms with Gasteiger partial charge in [-0.3, -0.25) is 9.59 Å². The third-order valence-electron chi connectivity index (χ3n) is 3.65. The van der Waals surface area contributed by atoms with Crippen molar-refractivity contribution >= 4 is 11.7 Å². The Balaban J connectivity index is 1.95. The molecule has 27 heavy (non-hydrogen) atoms. The number of ether oxygens (including phenoxy) is 2. The van der Waals surface area contributed by atoms with Crippen LogP contribution in [-0.2, 0) is 11.3 Å². The molecule has 0 N–H and O–H groups in total. The monoisotopic (exact) mass is 381 g/mol. The maximum absolute atomic E-state index is 12.5. The second-order valence-electron chi connectivity index (χ2n) is 5.77. The Labute approximate surface area is 154 Å². The Bertz CT molecular complexity index is 803. The fourth-order valence-corrected chi connectivity index (χ4v) is 2.24. The number of carbonyl (C=O) groups excluding carboxylic acids is 2. The molecule has 0 fully saturated rings. The number of ketones is 1. The number of Topliss-reactive ketones (excluding diaryl/α,β-unsaturated/α-hetero) is 1. The van der Waals surface area contributed by atoms with E-state index in [4.69, 9.17) is 4.74 Å². The summed E-state index contributed by atoms with van der Waals surface area (Å²) in [5.41, 5.74) is 0.739. The van der Waals surface area contributed by atoms with Crippen LogP contribution in [0.25, 0.3) is 0 Å². The van der Waals surface area contributed by atoms with E-state index in [2.05, 4.69) is 4.74 Å². The lowest BCUT2D eigenvalue weighted by atomic mass is 10.1. The summed E-state index contributed by atoms with van der Waals surface area (Å²) in [7, 11) is 1.45. The summed E-state index contributed by atoms with van der Waals surface area (Å²) in [6.07, 6.45) is -4.81. The molecular weight excluding hydrogens is 363 g/mol. The summed E-state index contributed by atoms with van der Waals surface area (Å²) >= 11 is 0. The third kappa shape index (κ3) is 6.32. The van der Waals surface area contributed by atoms with E-state index >= 15 is 0 Å². The van der Waals surface area contributed by atoms with Gasteiger partial charge in [-0.05, 0) is 37.3 Å². The van der Waals surface area contributed by atoms with Gasteiger partial charge in [0, 0.05) is 24.7 Å². The lowest BCUT2D eigenvalue weighted by Gasteiger charge is -2.20. The molecule has 0 aliphatic heterocycles. The lowest BCUT2D eigenvalue weighted by Crippen LogP contribution is -2.31. The summed E-state index contributed by atoms with van der Waals surface area (Å²) in [4.78, 5) is 24.6. The van der Waals surface area contributed by atoms with Crippen molar-refractivity contribution < 1.29 is 32.2 Å². The molecule has 5 nitrogen and oxygen atoms in total. The van der Waals surface area contributed by atoms with E-state index in [1.165, 1.54) is 37.1 Å². The van der Waals surface area contributed by atoms with Crippen molar-refractivity contribution in [3.8, 4) is 11.5 Å². The van der Waals surface area contributed by atoms with Crippen molar-refractivity contribution in [1.29, 1.82) is 0 Å². The van der Waals surface area contributed by atoms with E-state index < -0.39 is 12.3 Å². The molecule has 0 aliphatic rings. The van der Waals surface area contributed by atoms with Crippen LogP contribution in [0.1, 0.15) is 22.8 Å². The van der Waals surface area contributed by atoms with Crippen molar-refractivity contribution in [2.75, 3.05) is 13.7 Å². The van der Waals surface area contributed by atoms with Gasteiger partial charge in [-0.1, -0.05) is 18.2 Å². The first-order chi connectivity index (χ1) is 12.7. The number of carbonyl (C=O) groups is 2. The van der Waals surface area contributed by atoms with Crippen LogP contribution in [0.5, 0.6) is 11.5 Å². The third-order valence-corrected chi connectivity index (χ3v) is 3.65. The molecule has 0 heterocycles. The fraction of sp³-hybridized carbons (Fsp3) is 0.263. The quantitative estimate of drug-likeness (QED) is 0.684. The van der Waals surface area contributed by atoms with Crippen molar-refractivity contribution in [1.82, 2.24) is 4.90 Å². The Morgan fingerprint density at radius 2 is 1.67 bits per heavy atom. The number of hydrogen-bond donors (Lipinski definition) is 0. The standard InChI is InChI=1S/C19H18F3NO4/c1-13(24)14-7-9-16(10-8-14)26-12-18(25)23(2)11-15-5-3-4-6-17(15)27-19(20,21)22/h3-10H,11-12H2,1-2H3. The van der Waals surface area contributed by atoms with Crippen LogP contribution in [0.4, 0.5) is 13.2 Å². The van der Waals surface area contributed by atoms with Crippen LogP contribution in [0.15, 0.2) is 48.5 Å². The number of alkyl halides is 3. The average Bonchev–Trinajstić information content (AvgIpc) is 2.60. The lowest BCUT2D eigenvalue weighted by molar-refractivity contribution is -0.275. The predicted molar refractivity (Wildman–Crippen MR) is 91.5 cm³/mol. The molecule has 0 radical (unpaired) electrons. The van der Waals surface area contributed by atoms with Crippen LogP contribution >= 0.6 is 0 Å². The molecule has 0 saturated carbocycles. The Morgan fingerprint density at radius 3 is 2.26 bits per heavy atom. The van der Waals surface area contributed by atoms with Crippen LogP contribution in [0, 0.1) is 0 Å². The van der Waals surface area contributed by atoms with Gasteiger partial charge >= 0.3 is 6.36 Å². The number of rotatable bonds is 7. The van der Waals surface area contributed by atoms with Crippen molar-refractivity contribution in [2.24, 2.45) is 0 Å². The molecule has 0 unspecified atom stereocenters. The van der Waals surface area contributed by atoms with Crippen LogP contribution < -0.4 is 9.47 Å². The van der Waals surface area contributed by atoms with Gasteiger partial charge in [0.15, 0.2) is 12.4 Å². The number of amides is 1. The number of likely N-dealkylation sites (N-methyl/N-ethyl adjacent to an activating group) is 1. The minimum Gasteiger partial charge on any atom is -0.484 e. The molecule has 2 rings (SSSR count). The second-order valence-corrected chi connectivity index (χ2v) is 5.77. The van der Waals surface area contributed by atoms with Gasteiger partial charge < -0.3 is 14.4 Å². The zero-order chi connectivity index (χ0) is 20.0. The second kappa shape index (κ2) is 8.57. The van der Waals surface area contributed by atoms with Crippen LogP contribution in [0.3, 0.4) is 0 Å². The number of nitrogens with zero attached hydrogens (tertiary/aromatic N) is 1. The molecule has 0 bridgehead atoms. The first-order valence-electron chi connectivity index (χ1n) is 7.97. The normalized spacial score (nSPS) is 11.0. The van der Waals surface area contributed by atoms with Gasteiger partial charge in [0.1, 0.15) is 11.5 Å². The topological polar surface area (TPSA) is 55.8 Å². The maximum atomic E-state index is 12.5. The summed E-state index contributed by atoms with van der Waals surface area (Å²) in [5.74, 6) is -0.461. The molecule has 0 atom stereocenters. The molecule has 2 aromatic carbocycles. The highest BCUT2D eigenvalue weighted by atomic mass is 19.4. The molecule has 0 spiro atoms.